The van der Waals surface area contributed by atoms with Crippen LogP contribution >= 0.6 is 11.3 Å². The third-order valence-electron chi connectivity index (χ3n) is 5.01. The summed E-state index contributed by atoms with van der Waals surface area (Å²) >= 11 is 1.53. The van der Waals surface area contributed by atoms with Gasteiger partial charge in [-0.1, -0.05) is 12.2 Å². The van der Waals surface area contributed by atoms with Gasteiger partial charge in [0, 0.05) is 16.4 Å². The number of amides is 1. The van der Waals surface area contributed by atoms with Gasteiger partial charge in [0.05, 0.1) is 12.8 Å². The van der Waals surface area contributed by atoms with Crippen LogP contribution < -0.4 is 10.1 Å². The predicted molar refractivity (Wildman–Crippen MR) is 96.3 cm³/mol. The number of ether oxygens (including phenoxy) is 1. The number of allylic oxidation sites excluding steroid dienone is 2. The number of aromatic nitrogens is 1. The van der Waals surface area contributed by atoms with E-state index in [-0.39, 0.29) is 11.8 Å². The molecule has 1 aromatic carbocycles. The first-order chi connectivity index (χ1) is 11.6. The Balaban J connectivity index is 1.50. The van der Waals surface area contributed by atoms with Crippen molar-refractivity contribution in [3.8, 4) is 17.0 Å². The van der Waals surface area contributed by atoms with Crippen LogP contribution in [0.1, 0.15) is 17.7 Å². The minimum Gasteiger partial charge on any atom is -0.497 e. The Labute approximate surface area is 145 Å². The summed E-state index contributed by atoms with van der Waals surface area (Å²) < 4.78 is 5.19. The summed E-state index contributed by atoms with van der Waals surface area (Å²) in [5.74, 6) is 2.05. The van der Waals surface area contributed by atoms with Crippen LogP contribution in [-0.4, -0.2) is 18.0 Å². The molecule has 0 aliphatic heterocycles. The zero-order chi connectivity index (χ0) is 16.7. The van der Waals surface area contributed by atoms with Crippen molar-refractivity contribution in [3.05, 3.63) is 41.3 Å². The van der Waals surface area contributed by atoms with Gasteiger partial charge in [-0.3, -0.25) is 4.79 Å². The summed E-state index contributed by atoms with van der Waals surface area (Å²) in [6, 6.07) is 7.84. The second-order valence-electron chi connectivity index (χ2n) is 6.53. The SMILES string of the molecule is COc1ccc(-c2nc(NC(=O)[C@@H]3C[C@@H]4C=C[C@H]3C4)sc2C)cc1. The third-order valence-corrected chi connectivity index (χ3v) is 5.89. The first kappa shape index (κ1) is 15.4. The zero-order valence-electron chi connectivity index (χ0n) is 13.8. The summed E-state index contributed by atoms with van der Waals surface area (Å²) in [7, 11) is 1.65. The molecule has 0 radical (unpaired) electrons. The number of aryl methyl sites for hydroxylation is 1. The molecule has 1 aromatic heterocycles. The highest BCUT2D eigenvalue weighted by Crippen LogP contribution is 2.44. The van der Waals surface area contributed by atoms with Gasteiger partial charge in [0.15, 0.2) is 5.13 Å². The van der Waals surface area contributed by atoms with Gasteiger partial charge in [0.25, 0.3) is 0 Å². The van der Waals surface area contributed by atoms with Crippen molar-refractivity contribution >= 4 is 22.4 Å². The summed E-state index contributed by atoms with van der Waals surface area (Å²) in [6.07, 6.45) is 6.56. The third kappa shape index (κ3) is 2.73. The topological polar surface area (TPSA) is 51.2 Å². The summed E-state index contributed by atoms with van der Waals surface area (Å²) in [5.41, 5.74) is 1.96. The molecule has 0 saturated heterocycles. The molecule has 1 fully saturated rings. The molecule has 5 heteroatoms. The molecule has 1 heterocycles. The number of carbonyl (C=O) groups is 1. The Bertz CT molecular complexity index is 794. The molecule has 1 saturated carbocycles. The highest BCUT2D eigenvalue weighted by atomic mass is 32.1. The Hall–Kier alpha value is -2.14. The molecule has 2 aromatic rings. The fourth-order valence-electron chi connectivity index (χ4n) is 3.75. The number of carbonyl (C=O) groups excluding carboxylic acids is 1. The van der Waals surface area contributed by atoms with Crippen LogP contribution in [0, 0.1) is 24.7 Å². The van der Waals surface area contributed by atoms with Crippen LogP contribution in [0.15, 0.2) is 36.4 Å². The number of methoxy groups -OCH3 is 1. The van der Waals surface area contributed by atoms with Crippen LogP contribution in [0.2, 0.25) is 0 Å². The minimum atomic E-state index is 0.105. The maximum atomic E-state index is 12.6. The molecule has 3 atom stereocenters. The van der Waals surface area contributed by atoms with Gasteiger partial charge in [-0.05, 0) is 55.9 Å². The second-order valence-corrected chi connectivity index (χ2v) is 7.73. The maximum absolute atomic E-state index is 12.6. The van der Waals surface area contributed by atoms with E-state index in [1.54, 1.807) is 7.11 Å². The van der Waals surface area contributed by atoms with Crippen LogP contribution in [0.25, 0.3) is 11.3 Å². The monoisotopic (exact) mass is 340 g/mol. The highest BCUT2D eigenvalue weighted by molar-refractivity contribution is 7.16. The van der Waals surface area contributed by atoms with Crippen LogP contribution in [0.3, 0.4) is 0 Å². The summed E-state index contributed by atoms with van der Waals surface area (Å²) in [6.45, 7) is 2.03. The van der Waals surface area contributed by atoms with Crippen LogP contribution in [0.4, 0.5) is 5.13 Å². The number of nitrogens with one attached hydrogen (secondary N) is 1. The van der Waals surface area contributed by atoms with Crippen molar-refractivity contribution in [1.82, 2.24) is 4.98 Å². The number of rotatable bonds is 4. The highest BCUT2D eigenvalue weighted by Gasteiger charge is 2.40. The van der Waals surface area contributed by atoms with Gasteiger partial charge in [-0.25, -0.2) is 4.98 Å². The van der Waals surface area contributed by atoms with Gasteiger partial charge < -0.3 is 10.1 Å². The molecule has 24 heavy (non-hydrogen) atoms. The standard InChI is InChI=1S/C19H20N2O2S/c1-11-17(13-5-7-15(23-2)8-6-13)20-19(24-11)21-18(22)16-10-12-3-4-14(16)9-12/h3-8,12,14,16H,9-10H2,1-2H3,(H,20,21,22)/t12-,14+,16-/m1/s1. The average molecular weight is 340 g/mol. The fourth-order valence-corrected chi connectivity index (χ4v) is 4.59. The van der Waals surface area contributed by atoms with Crippen molar-refractivity contribution in [2.75, 3.05) is 12.4 Å². The second kappa shape index (κ2) is 6.06. The molecule has 1 amide bonds. The maximum Gasteiger partial charge on any atom is 0.229 e. The van der Waals surface area contributed by atoms with E-state index >= 15 is 0 Å². The van der Waals surface area contributed by atoms with Crippen LogP contribution in [-0.2, 0) is 4.79 Å². The number of thiazole rings is 1. The van der Waals surface area contributed by atoms with Crippen molar-refractivity contribution in [1.29, 1.82) is 0 Å². The zero-order valence-corrected chi connectivity index (χ0v) is 14.6. The number of hydrogen-bond acceptors (Lipinski definition) is 4. The van der Waals surface area contributed by atoms with Gasteiger partial charge in [-0.15, -0.1) is 11.3 Å². The van der Waals surface area contributed by atoms with E-state index in [0.29, 0.717) is 17.0 Å². The van der Waals surface area contributed by atoms with Crippen molar-refractivity contribution in [2.24, 2.45) is 17.8 Å². The smallest absolute Gasteiger partial charge is 0.229 e. The molecular formula is C19H20N2O2S. The lowest BCUT2D eigenvalue weighted by molar-refractivity contribution is -0.120. The number of hydrogen-bond donors (Lipinski definition) is 1. The van der Waals surface area contributed by atoms with Crippen LogP contribution in [0.5, 0.6) is 5.75 Å². The molecule has 0 unspecified atom stereocenters. The lowest BCUT2D eigenvalue weighted by atomic mass is 9.93. The summed E-state index contributed by atoms with van der Waals surface area (Å²) in [4.78, 5) is 18.3. The molecule has 2 bridgehead atoms. The molecule has 0 spiro atoms. The van der Waals surface area contributed by atoms with Crippen molar-refractivity contribution < 1.29 is 9.53 Å². The molecule has 2 aliphatic carbocycles. The molecule has 4 rings (SSSR count). The van der Waals surface area contributed by atoms with Gasteiger partial charge in [-0.2, -0.15) is 0 Å². The van der Waals surface area contributed by atoms with Gasteiger partial charge in [0.2, 0.25) is 5.91 Å². The largest absolute Gasteiger partial charge is 0.497 e. The Morgan fingerprint density at radius 1 is 1.25 bits per heavy atom. The first-order valence-corrected chi connectivity index (χ1v) is 9.06. The number of nitrogens with zero attached hydrogens (tertiary/aromatic N) is 1. The van der Waals surface area contributed by atoms with E-state index in [4.69, 9.17) is 4.74 Å². The van der Waals surface area contributed by atoms with Gasteiger partial charge >= 0.3 is 0 Å². The molecule has 4 nitrogen and oxygen atoms in total. The van der Waals surface area contributed by atoms with E-state index in [9.17, 15) is 4.79 Å². The Kier molecular flexibility index (Phi) is 3.88. The number of fused-ring (bicyclic) bond motifs is 2. The number of benzene rings is 1. The van der Waals surface area contributed by atoms with E-state index in [1.807, 2.05) is 31.2 Å². The van der Waals surface area contributed by atoms with Crippen molar-refractivity contribution in [3.63, 3.8) is 0 Å². The fraction of sp³-hybridized carbons (Fsp3) is 0.368. The van der Waals surface area contributed by atoms with Crippen molar-refractivity contribution in [2.45, 2.75) is 19.8 Å². The predicted octanol–water partition coefficient (Wildman–Crippen LogP) is 4.28. The Morgan fingerprint density at radius 2 is 2.04 bits per heavy atom. The quantitative estimate of drug-likeness (QED) is 0.845. The van der Waals surface area contributed by atoms with E-state index in [2.05, 4.69) is 22.5 Å². The molecular weight excluding hydrogens is 320 g/mol. The summed E-state index contributed by atoms with van der Waals surface area (Å²) in [5, 5.41) is 3.72. The lowest BCUT2D eigenvalue weighted by Gasteiger charge is -2.16. The first-order valence-electron chi connectivity index (χ1n) is 8.25. The van der Waals surface area contributed by atoms with Gasteiger partial charge in [0.1, 0.15) is 5.75 Å². The molecule has 2 aliphatic rings. The molecule has 1 N–H and O–H groups in total. The average Bonchev–Trinajstić information content (AvgIpc) is 3.30. The van der Waals surface area contributed by atoms with E-state index in [1.165, 1.54) is 11.3 Å². The Morgan fingerprint density at radius 3 is 2.67 bits per heavy atom. The van der Waals surface area contributed by atoms with E-state index < -0.39 is 0 Å². The van der Waals surface area contributed by atoms with E-state index in [0.717, 1.165) is 34.7 Å². The lowest BCUT2D eigenvalue weighted by Crippen LogP contribution is -2.25. The minimum absolute atomic E-state index is 0.105. The number of anilines is 1. The molecule has 124 valence electrons. The normalized spacial score (nSPS) is 24.3.